The SMILES string of the molecule is Nc1ccccc1CC(=O)NC1C(=O)N2C(C(=O)O)=C(CC(=O)c3ccccc3)CSC12. The van der Waals surface area contributed by atoms with Crippen LogP contribution in [0.25, 0.3) is 0 Å². The van der Waals surface area contributed by atoms with Crippen LogP contribution in [0.5, 0.6) is 0 Å². The van der Waals surface area contributed by atoms with E-state index in [-0.39, 0.29) is 36.0 Å². The second-order valence-corrected chi connectivity index (χ2v) is 8.66. The highest BCUT2D eigenvalue weighted by Gasteiger charge is 2.54. The Bertz CT molecular complexity index is 1130. The molecule has 4 rings (SSSR count). The van der Waals surface area contributed by atoms with Crippen LogP contribution in [0.4, 0.5) is 5.69 Å². The summed E-state index contributed by atoms with van der Waals surface area (Å²) in [5, 5.41) is 11.9. The fourth-order valence-electron chi connectivity index (χ4n) is 3.83. The molecule has 2 aliphatic heterocycles. The van der Waals surface area contributed by atoms with Crippen LogP contribution in [0.3, 0.4) is 0 Å². The number of ketones is 1. The third-order valence-corrected chi connectivity index (χ3v) is 6.78. The zero-order chi connectivity index (χ0) is 22.8. The maximum atomic E-state index is 12.8. The van der Waals surface area contributed by atoms with Gasteiger partial charge in [-0.25, -0.2) is 4.79 Å². The van der Waals surface area contributed by atoms with Gasteiger partial charge in [0.05, 0.1) is 6.42 Å². The summed E-state index contributed by atoms with van der Waals surface area (Å²) in [5.41, 5.74) is 7.72. The number of benzene rings is 2. The van der Waals surface area contributed by atoms with Gasteiger partial charge in [-0.2, -0.15) is 0 Å². The van der Waals surface area contributed by atoms with Crippen LogP contribution >= 0.6 is 11.8 Å². The number of carboxylic acids is 1. The zero-order valence-corrected chi connectivity index (χ0v) is 17.8. The molecule has 0 aliphatic carbocycles. The number of nitrogens with two attached hydrogens (primary N) is 1. The van der Waals surface area contributed by atoms with Gasteiger partial charge in [-0.05, 0) is 17.2 Å². The first-order valence-corrected chi connectivity index (χ1v) is 11.0. The summed E-state index contributed by atoms with van der Waals surface area (Å²) in [6.07, 6.45) is -0.0637. The van der Waals surface area contributed by atoms with Crippen molar-refractivity contribution in [3.8, 4) is 0 Å². The van der Waals surface area contributed by atoms with Crippen LogP contribution in [-0.4, -0.2) is 50.7 Å². The summed E-state index contributed by atoms with van der Waals surface area (Å²) in [5.74, 6) is -2.06. The van der Waals surface area contributed by atoms with E-state index in [0.717, 1.165) is 0 Å². The van der Waals surface area contributed by atoms with Gasteiger partial charge in [0, 0.05) is 23.4 Å². The van der Waals surface area contributed by atoms with E-state index in [1.54, 1.807) is 54.6 Å². The molecule has 0 radical (unpaired) electrons. The van der Waals surface area contributed by atoms with Crippen molar-refractivity contribution in [1.29, 1.82) is 0 Å². The molecule has 4 N–H and O–H groups in total. The number of hydrogen-bond donors (Lipinski definition) is 3. The molecule has 0 aromatic heterocycles. The Morgan fingerprint density at radius 3 is 2.44 bits per heavy atom. The highest BCUT2D eigenvalue weighted by atomic mass is 32.2. The molecule has 2 aliphatic rings. The standard InChI is InChI=1S/C23H21N3O5S/c24-16-9-5-4-8-14(16)11-18(28)25-19-21(29)26-20(23(30)31)15(12-32-22(19)26)10-17(27)13-6-2-1-3-7-13/h1-9,19,22H,10-12,24H2,(H,25,28)(H,30,31). The van der Waals surface area contributed by atoms with E-state index in [4.69, 9.17) is 5.73 Å². The number of Topliss-reactive ketones (excluding diaryl/α,β-unsaturated/α-hetero) is 1. The lowest BCUT2D eigenvalue weighted by molar-refractivity contribution is -0.150. The number of carbonyl (C=O) groups is 4. The third-order valence-electron chi connectivity index (χ3n) is 5.44. The largest absolute Gasteiger partial charge is 0.477 e. The van der Waals surface area contributed by atoms with Gasteiger partial charge in [-0.3, -0.25) is 19.3 Å². The van der Waals surface area contributed by atoms with Crippen molar-refractivity contribution in [3.63, 3.8) is 0 Å². The number of nitrogens with zero attached hydrogens (tertiary/aromatic N) is 1. The van der Waals surface area contributed by atoms with Crippen LogP contribution in [0.2, 0.25) is 0 Å². The Labute approximate surface area is 188 Å². The molecule has 0 saturated carbocycles. The Morgan fingerprint density at radius 2 is 1.75 bits per heavy atom. The van der Waals surface area contributed by atoms with Gasteiger partial charge in [0.2, 0.25) is 5.91 Å². The lowest BCUT2D eigenvalue weighted by Gasteiger charge is -2.49. The first-order chi connectivity index (χ1) is 15.4. The lowest BCUT2D eigenvalue weighted by Crippen LogP contribution is -2.70. The van der Waals surface area contributed by atoms with E-state index >= 15 is 0 Å². The van der Waals surface area contributed by atoms with Crippen molar-refractivity contribution in [3.05, 3.63) is 77.0 Å². The van der Waals surface area contributed by atoms with Crippen molar-refractivity contribution >= 4 is 41.0 Å². The number of nitrogens with one attached hydrogen (secondary N) is 1. The van der Waals surface area contributed by atoms with Crippen LogP contribution in [0.15, 0.2) is 65.9 Å². The predicted molar refractivity (Wildman–Crippen MR) is 120 cm³/mol. The number of amides is 2. The summed E-state index contributed by atoms with van der Waals surface area (Å²) >= 11 is 1.33. The monoisotopic (exact) mass is 451 g/mol. The first kappa shape index (κ1) is 21.6. The number of hydrogen-bond acceptors (Lipinski definition) is 6. The van der Waals surface area contributed by atoms with E-state index < -0.39 is 23.3 Å². The topological polar surface area (TPSA) is 130 Å². The molecule has 164 valence electrons. The Morgan fingerprint density at radius 1 is 1.06 bits per heavy atom. The fourth-order valence-corrected chi connectivity index (χ4v) is 5.18. The maximum absolute atomic E-state index is 12.8. The highest BCUT2D eigenvalue weighted by molar-refractivity contribution is 8.00. The van der Waals surface area contributed by atoms with Gasteiger partial charge in [0.15, 0.2) is 5.78 Å². The first-order valence-electron chi connectivity index (χ1n) is 9.98. The molecule has 0 bridgehead atoms. The number of anilines is 1. The Hall–Kier alpha value is -3.59. The Kier molecular flexibility index (Phi) is 6.00. The average molecular weight is 452 g/mol. The number of rotatable bonds is 7. The summed E-state index contributed by atoms with van der Waals surface area (Å²) in [6.45, 7) is 0. The van der Waals surface area contributed by atoms with Crippen molar-refractivity contribution in [2.24, 2.45) is 0 Å². The van der Waals surface area contributed by atoms with E-state index in [1.807, 2.05) is 0 Å². The van der Waals surface area contributed by atoms with Crippen molar-refractivity contribution in [2.75, 3.05) is 11.5 Å². The highest BCUT2D eigenvalue weighted by Crippen LogP contribution is 2.41. The number of nitrogen functional groups attached to an aromatic ring is 1. The molecule has 2 aromatic rings. The molecule has 2 aromatic carbocycles. The van der Waals surface area contributed by atoms with Crippen LogP contribution in [0, 0.1) is 0 Å². The van der Waals surface area contributed by atoms with Crippen molar-refractivity contribution < 1.29 is 24.3 Å². The van der Waals surface area contributed by atoms with E-state index in [1.165, 1.54) is 16.7 Å². The maximum Gasteiger partial charge on any atom is 0.352 e. The number of para-hydroxylation sites is 1. The van der Waals surface area contributed by atoms with E-state index in [0.29, 0.717) is 22.4 Å². The lowest BCUT2D eigenvalue weighted by atomic mass is 9.98. The molecular weight excluding hydrogens is 430 g/mol. The molecule has 2 unspecified atom stereocenters. The number of aliphatic carboxylic acids is 1. The minimum atomic E-state index is -1.26. The van der Waals surface area contributed by atoms with E-state index in [9.17, 15) is 24.3 Å². The average Bonchev–Trinajstić information content (AvgIpc) is 2.79. The van der Waals surface area contributed by atoms with Gasteiger partial charge < -0.3 is 16.2 Å². The number of carbonyl (C=O) groups excluding carboxylic acids is 3. The summed E-state index contributed by atoms with van der Waals surface area (Å²) in [6, 6.07) is 14.7. The van der Waals surface area contributed by atoms with Gasteiger partial charge in [0.25, 0.3) is 5.91 Å². The van der Waals surface area contributed by atoms with Gasteiger partial charge in [0.1, 0.15) is 17.1 Å². The zero-order valence-electron chi connectivity index (χ0n) is 17.0. The van der Waals surface area contributed by atoms with E-state index in [2.05, 4.69) is 5.32 Å². The second kappa shape index (κ2) is 8.88. The molecule has 32 heavy (non-hydrogen) atoms. The minimum Gasteiger partial charge on any atom is -0.477 e. The molecule has 2 heterocycles. The number of fused-ring (bicyclic) bond motifs is 1. The summed E-state index contributed by atoms with van der Waals surface area (Å²) < 4.78 is 0. The predicted octanol–water partition coefficient (Wildman–Crippen LogP) is 1.82. The molecule has 1 fully saturated rings. The number of carboxylic acid groups (broad SMARTS) is 1. The molecule has 2 atom stereocenters. The molecule has 0 spiro atoms. The number of β-lactam (4-membered cyclic amide) rings is 1. The smallest absolute Gasteiger partial charge is 0.352 e. The van der Waals surface area contributed by atoms with Crippen molar-refractivity contribution in [1.82, 2.24) is 10.2 Å². The fraction of sp³-hybridized carbons (Fsp3) is 0.217. The van der Waals surface area contributed by atoms with Gasteiger partial charge >= 0.3 is 5.97 Å². The van der Waals surface area contributed by atoms with Crippen LogP contribution in [-0.2, 0) is 20.8 Å². The minimum absolute atomic E-state index is 0.0201. The second-order valence-electron chi connectivity index (χ2n) is 7.55. The molecule has 1 saturated heterocycles. The summed E-state index contributed by atoms with van der Waals surface area (Å²) in [4.78, 5) is 50.9. The quantitative estimate of drug-likeness (QED) is 0.333. The summed E-state index contributed by atoms with van der Waals surface area (Å²) in [7, 11) is 0. The van der Waals surface area contributed by atoms with Gasteiger partial charge in [-0.15, -0.1) is 11.8 Å². The third kappa shape index (κ3) is 4.11. The molecule has 2 amide bonds. The number of thioether (sulfide) groups is 1. The molecule has 8 nitrogen and oxygen atoms in total. The van der Waals surface area contributed by atoms with Gasteiger partial charge in [-0.1, -0.05) is 48.5 Å². The van der Waals surface area contributed by atoms with Crippen molar-refractivity contribution in [2.45, 2.75) is 24.3 Å². The molecule has 9 heteroatoms. The molecular formula is C23H21N3O5S. The van der Waals surface area contributed by atoms with Crippen LogP contribution < -0.4 is 11.1 Å². The Balaban J connectivity index is 1.47. The van der Waals surface area contributed by atoms with Crippen LogP contribution in [0.1, 0.15) is 22.3 Å². The normalized spacial score (nSPS) is 19.8.